The highest BCUT2D eigenvalue weighted by molar-refractivity contribution is 5.95. The maximum absolute atomic E-state index is 13.2. The lowest BCUT2D eigenvalue weighted by Crippen LogP contribution is -2.38. The highest BCUT2D eigenvalue weighted by atomic mass is 16.5. The Hall–Kier alpha value is -3.26. The maximum Gasteiger partial charge on any atom is 0.257 e. The minimum absolute atomic E-state index is 0.0238. The van der Waals surface area contributed by atoms with Crippen molar-refractivity contribution in [3.8, 4) is 23.0 Å². The van der Waals surface area contributed by atoms with Crippen molar-refractivity contribution in [2.75, 3.05) is 39.8 Å². The third-order valence-electron chi connectivity index (χ3n) is 5.70. The van der Waals surface area contributed by atoms with Crippen LogP contribution in [-0.4, -0.2) is 75.3 Å². The minimum atomic E-state index is -0.0238. The normalized spacial score (nSPS) is 11.1. The van der Waals surface area contributed by atoms with E-state index in [9.17, 15) is 4.79 Å². The van der Waals surface area contributed by atoms with Gasteiger partial charge in [-0.2, -0.15) is 5.10 Å². The molecule has 1 aromatic carbocycles. The number of para-hydroxylation sites is 1. The number of carbonyl (C=O) groups excluding carboxylic acids is 1. The van der Waals surface area contributed by atoms with Gasteiger partial charge in [0.15, 0.2) is 0 Å². The van der Waals surface area contributed by atoms with Crippen molar-refractivity contribution in [2.24, 2.45) is 0 Å². The van der Waals surface area contributed by atoms with Crippen LogP contribution in [0.25, 0.3) is 17.2 Å². The molecule has 2 heterocycles. The van der Waals surface area contributed by atoms with Crippen LogP contribution >= 0.6 is 0 Å². The first kappa shape index (κ1) is 23.4. The Morgan fingerprint density at radius 3 is 2.50 bits per heavy atom. The van der Waals surface area contributed by atoms with E-state index in [0.29, 0.717) is 30.3 Å². The summed E-state index contributed by atoms with van der Waals surface area (Å²) in [5.74, 6) is 1.12. The van der Waals surface area contributed by atoms with E-state index in [-0.39, 0.29) is 5.91 Å². The van der Waals surface area contributed by atoms with Crippen molar-refractivity contribution in [3.63, 3.8) is 0 Å². The largest absolute Gasteiger partial charge is 0.496 e. The monoisotopic (exact) mass is 436 g/mol. The maximum atomic E-state index is 13.2. The summed E-state index contributed by atoms with van der Waals surface area (Å²) in [6.07, 6.45) is 3.30. The minimum Gasteiger partial charge on any atom is -0.496 e. The highest BCUT2D eigenvalue weighted by Gasteiger charge is 2.21. The third kappa shape index (κ3) is 4.96. The second-order valence-electron chi connectivity index (χ2n) is 7.41. The summed E-state index contributed by atoms with van der Waals surface area (Å²) in [7, 11) is 1.64. The second-order valence-corrected chi connectivity index (χ2v) is 7.41. The van der Waals surface area contributed by atoms with Gasteiger partial charge in [-0.25, -0.2) is 14.6 Å². The molecule has 2 aromatic heterocycles. The number of hydrogen-bond acceptors (Lipinski definition) is 6. The van der Waals surface area contributed by atoms with E-state index >= 15 is 0 Å². The second kappa shape index (κ2) is 10.9. The van der Waals surface area contributed by atoms with Gasteiger partial charge in [0.1, 0.15) is 5.75 Å². The van der Waals surface area contributed by atoms with E-state index in [1.165, 1.54) is 0 Å². The first-order valence-corrected chi connectivity index (χ1v) is 11.1. The fourth-order valence-corrected chi connectivity index (χ4v) is 3.65. The fourth-order valence-electron chi connectivity index (χ4n) is 3.65. The highest BCUT2D eigenvalue weighted by Crippen LogP contribution is 2.28. The lowest BCUT2D eigenvalue weighted by atomic mass is 10.1. The van der Waals surface area contributed by atoms with Crippen LogP contribution in [0.5, 0.6) is 5.75 Å². The number of rotatable bonds is 10. The van der Waals surface area contributed by atoms with Crippen LogP contribution in [0.1, 0.15) is 36.8 Å². The van der Waals surface area contributed by atoms with Crippen molar-refractivity contribution >= 4 is 5.91 Å². The van der Waals surface area contributed by atoms with Crippen LogP contribution in [0.3, 0.4) is 0 Å². The summed E-state index contributed by atoms with van der Waals surface area (Å²) in [6, 6.07) is 9.53. The van der Waals surface area contributed by atoms with E-state index in [1.54, 1.807) is 24.2 Å². The molecular weight excluding hydrogens is 404 g/mol. The van der Waals surface area contributed by atoms with Crippen molar-refractivity contribution in [1.29, 1.82) is 0 Å². The number of ether oxygens (including phenoxy) is 1. The number of carbonyl (C=O) groups is 1. The molecule has 0 aliphatic rings. The van der Waals surface area contributed by atoms with Gasteiger partial charge >= 0.3 is 0 Å². The van der Waals surface area contributed by atoms with E-state index in [1.807, 2.05) is 49.1 Å². The zero-order chi connectivity index (χ0) is 23.1. The molecule has 0 aliphatic carbocycles. The lowest BCUT2D eigenvalue weighted by molar-refractivity contribution is 0.0746. The summed E-state index contributed by atoms with van der Waals surface area (Å²) in [4.78, 5) is 26.4. The fraction of sp³-hybridized carbons (Fsp3) is 0.417. The molecule has 170 valence electrons. The Balaban J connectivity index is 1.86. The molecule has 0 saturated carbocycles. The van der Waals surface area contributed by atoms with E-state index in [2.05, 4.69) is 33.8 Å². The molecule has 0 radical (unpaired) electrons. The van der Waals surface area contributed by atoms with Gasteiger partial charge in [-0.05, 0) is 45.1 Å². The molecule has 0 spiro atoms. The van der Waals surface area contributed by atoms with Gasteiger partial charge in [0, 0.05) is 31.4 Å². The van der Waals surface area contributed by atoms with Gasteiger partial charge < -0.3 is 14.5 Å². The number of nitrogens with zero attached hydrogens (tertiary/aromatic N) is 6. The van der Waals surface area contributed by atoms with E-state index in [0.717, 1.165) is 36.6 Å². The molecule has 0 fully saturated rings. The Morgan fingerprint density at radius 1 is 1.06 bits per heavy atom. The Labute approximate surface area is 189 Å². The predicted octanol–water partition coefficient (Wildman–Crippen LogP) is 3.45. The Bertz CT molecular complexity index is 1040. The molecule has 0 atom stereocenters. The summed E-state index contributed by atoms with van der Waals surface area (Å²) < 4.78 is 7.08. The predicted molar refractivity (Wildman–Crippen MR) is 125 cm³/mol. The number of hydrogen-bond donors (Lipinski definition) is 0. The quantitative estimate of drug-likeness (QED) is 0.485. The topological polar surface area (TPSA) is 76.4 Å². The number of amides is 1. The summed E-state index contributed by atoms with van der Waals surface area (Å²) in [5.41, 5.74) is 2.88. The van der Waals surface area contributed by atoms with Gasteiger partial charge in [0.2, 0.25) is 0 Å². The zero-order valence-electron chi connectivity index (χ0n) is 19.6. The van der Waals surface area contributed by atoms with Crippen molar-refractivity contribution in [1.82, 2.24) is 29.5 Å². The summed E-state index contributed by atoms with van der Waals surface area (Å²) in [5, 5.41) is 4.43. The summed E-state index contributed by atoms with van der Waals surface area (Å²) in [6.45, 7) is 12.3. The van der Waals surface area contributed by atoms with E-state index < -0.39 is 0 Å². The van der Waals surface area contributed by atoms with Gasteiger partial charge in [0.25, 0.3) is 11.9 Å². The summed E-state index contributed by atoms with van der Waals surface area (Å²) >= 11 is 0. The molecule has 0 N–H and O–H groups in total. The smallest absolute Gasteiger partial charge is 0.257 e. The average molecular weight is 437 g/mol. The number of aromatic nitrogens is 4. The molecule has 3 rings (SSSR count). The van der Waals surface area contributed by atoms with Crippen LogP contribution in [0, 0.1) is 6.92 Å². The molecular formula is C24H32N6O2. The molecule has 0 saturated heterocycles. The standard InChI is InChI=1S/C24H32N6O2/c1-6-28(7-2)15-16-29(8-3)23(31)20-17-26-30(18(20)4)24-25-14-13-21(27-24)19-11-9-10-12-22(19)32-5/h9-14,17H,6-8,15-16H2,1-5H3. The van der Waals surface area contributed by atoms with Crippen LogP contribution in [-0.2, 0) is 0 Å². The Morgan fingerprint density at radius 2 is 1.81 bits per heavy atom. The zero-order valence-corrected chi connectivity index (χ0v) is 19.6. The molecule has 0 unspecified atom stereocenters. The van der Waals surface area contributed by atoms with Crippen LogP contribution in [0.4, 0.5) is 0 Å². The van der Waals surface area contributed by atoms with Crippen LogP contribution < -0.4 is 4.74 Å². The first-order valence-electron chi connectivity index (χ1n) is 11.1. The average Bonchev–Trinajstić information content (AvgIpc) is 3.23. The first-order chi connectivity index (χ1) is 15.5. The number of likely N-dealkylation sites (N-methyl/N-ethyl adjacent to an activating group) is 2. The van der Waals surface area contributed by atoms with Crippen molar-refractivity contribution in [2.45, 2.75) is 27.7 Å². The van der Waals surface area contributed by atoms with Gasteiger partial charge in [-0.3, -0.25) is 4.79 Å². The van der Waals surface area contributed by atoms with E-state index in [4.69, 9.17) is 4.74 Å². The molecule has 0 aliphatic heterocycles. The van der Waals surface area contributed by atoms with Gasteiger partial charge in [0.05, 0.1) is 30.3 Å². The number of methoxy groups -OCH3 is 1. The molecule has 32 heavy (non-hydrogen) atoms. The van der Waals surface area contributed by atoms with Crippen LogP contribution in [0.15, 0.2) is 42.7 Å². The molecule has 8 nitrogen and oxygen atoms in total. The molecule has 0 bridgehead atoms. The molecule has 3 aromatic rings. The SMILES string of the molecule is CCN(CC)CCN(CC)C(=O)c1cnn(-c2nccc(-c3ccccc3OC)n2)c1C. The van der Waals surface area contributed by atoms with Crippen LogP contribution in [0.2, 0.25) is 0 Å². The number of benzene rings is 1. The van der Waals surface area contributed by atoms with Crippen molar-refractivity contribution < 1.29 is 9.53 Å². The Kier molecular flexibility index (Phi) is 7.94. The third-order valence-corrected chi connectivity index (χ3v) is 5.70. The lowest BCUT2D eigenvalue weighted by Gasteiger charge is -2.25. The van der Waals surface area contributed by atoms with Gasteiger partial charge in [-0.1, -0.05) is 26.0 Å². The van der Waals surface area contributed by atoms with Crippen molar-refractivity contribution in [3.05, 3.63) is 54.0 Å². The van der Waals surface area contributed by atoms with Gasteiger partial charge in [-0.15, -0.1) is 0 Å². The molecule has 1 amide bonds. The molecule has 8 heteroatoms.